The van der Waals surface area contributed by atoms with Crippen molar-refractivity contribution in [2.75, 3.05) is 13.3 Å². The van der Waals surface area contributed by atoms with Crippen LogP contribution in [0.5, 0.6) is 0 Å². The normalized spacial score (nSPS) is 17.9. The molecular weight excluding hydrogens is 401 g/mol. The number of fused-ring (bicyclic) bond motifs is 1. The predicted octanol–water partition coefficient (Wildman–Crippen LogP) is 6.19. The van der Waals surface area contributed by atoms with Gasteiger partial charge in [0.1, 0.15) is 16.7 Å². The zero-order chi connectivity index (χ0) is 21.6. The van der Waals surface area contributed by atoms with E-state index < -0.39 is 7.26 Å². The van der Waals surface area contributed by atoms with Gasteiger partial charge < -0.3 is 0 Å². The molecule has 1 radical (unpaired) electrons. The minimum Gasteiger partial charge on any atom is -0.269 e. The van der Waals surface area contributed by atoms with Crippen molar-refractivity contribution in [2.24, 2.45) is 0 Å². The molecule has 0 N–H and O–H groups in total. The first kappa shape index (κ1) is 19.7. The van der Waals surface area contributed by atoms with Crippen LogP contribution in [0.25, 0.3) is 10.6 Å². The van der Waals surface area contributed by atoms with Crippen molar-refractivity contribution in [1.29, 1.82) is 0 Å². The lowest BCUT2D eigenvalue weighted by molar-refractivity contribution is 0.0687. The Kier molecular flexibility index (Phi) is 4.72. The van der Waals surface area contributed by atoms with E-state index in [2.05, 4.69) is 37.6 Å². The minimum atomic E-state index is -1.74. The van der Waals surface area contributed by atoms with Crippen LogP contribution in [-0.4, -0.2) is 30.0 Å². The van der Waals surface area contributed by atoms with Gasteiger partial charge in [-0.05, 0) is 24.3 Å². The molecule has 151 valence electrons. The number of benzene rings is 3. The summed E-state index contributed by atoms with van der Waals surface area (Å²) >= 11 is 0. The molecule has 0 atom stereocenters. The second kappa shape index (κ2) is 7.44. The molecule has 3 nitrogen and oxygen atoms in total. The Morgan fingerprint density at radius 1 is 0.581 bits per heavy atom. The average Bonchev–Trinajstić information content (AvgIpc) is 3.05. The molecule has 0 aromatic heterocycles. The third-order valence-corrected chi connectivity index (χ3v) is 9.15. The first-order valence-electron chi connectivity index (χ1n) is 10.2. The molecular formula is C27H22NO2P+. The zero-order valence-corrected chi connectivity index (χ0v) is 18.3. The van der Waals surface area contributed by atoms with Crippen LogP contribution in [0.4, 0.5) is 0 Å². The Morgan fingerprint density at radius 3 is 1.39 bits per heavy atom. The van der Waals surface area contributed by atoms with E-state index in [1.54, 1.807) is 24.3 Å². The van der Waals surface area contributed by atoms with E-state index in [1.807, 2.05) is 48.6 Å². The number of imide groups is 1. The van der Waals surface area contributed by atoms with Gasteiger partial charge >= 0.3 is 0 Å². The van der Waals surface area contributed by atoms with Crippen LogP contribution < -0.4 is 0 Å². The highest BCUT2D eigenvalue weighted by Gasteiger charge is 2.47. The highest BCUT2D eigenvalue weighted by molar-refractivity contribution is 7.92. The molecule has 3 aromatic rings. The van der Waals surface area contributed by atoms with Crippen molar-refractivity contribution >= 4 is 29.7 Å². The van der Waals surface area contributed by atoms with Crippen LogP contribution in [0.2, 0.25) is 0 Å². The second-order valence-electron chi connectivity index (χ2n) is 8.16. The highest BCUT2D eigenvalue weighted by Crippen LogP contribution is 2.74. The molecule has 0 unspecified atom stereocenters. The number of hydrogen-bond donors (Lipinski definition) is 0. The van der Waals surface area contributed by atoms with Crippen LogP contribution in [0.3, 0.4) is 0 Å². The smallest absolute Gasteiger partial charge is 0.262 e. The Bertz CT molecular complexity index is 1150. The largest absolute Gasteiger partial charge is 0.269 e. The SMILES string of the molecule is C[P+]1(C)C(c2ccccc2)=C[C](N2C(=O)c3ccccc3C2=O)C=C1c1ccccc1. The molecule has 0 saturated heterocycles. The summed E-state index contributed by atoms with van der Waals surface area (Å²) in [5.74, 6) is -0.526. The van der Waals surface area contributed by atoms with Gasteiger partial charge in [-0.3, -0.25) is 14.5 Å². The van der Waals surface area contributed by atoms with E-state index >= 15 is 0 Å². The lowest BCUT2D eigenvalue weighted by atomic mass is 10.1. The summed E-state index contributed by atoms with van der Waals surface area (Å²) in [6, 6.07) is 28.2. The van der Waals surface area contributed by atoms with E-state index in [1.165, 1.54) is 15.5 Å². The van der Waals surface area contributed by atoms with Crippen molar-refractivity contribution < 1.29 is 9.59 Å². The first-order valence-corrected chi connectivity index (χ1v) is 12.9. The molecule has 0 fully saturated rings. The van der Waals surface area contributed by atoms with Gasteiger partial charge in [-0.15, -0.1) is 0 Å². The third-order valence-electron chi connectivity index (χ3n) is 5.97. The Hall–Kier alpha value is -3.29. The number of rotatable bonds is 3. The highest BCUT2D eigenvalue weighted by atomic mass is 31.2. The number of nitrogens with zero attached hydrogens (tertiary/aromatic N) is 1. The Balaban J connectivity index is 1.68. The van der Waals surface area contributed by atoms with Crippen molar-refractivity contribution in [2.45, 2.75) is 0 Å². The van der Waals surface area contributed by atoms with Crippen LogP contribution in [0.1, 0.15) is 31.8 Å². The summed E-state index contributed by atoms with van der Waals surface area (Å²) < 4.78 is 0. The van der Waals surface area contributed by atoms with Crippen molar-refractivity contribution in [3.8, 4) is 0 Å². The summed E-state index contributed by atoms with van der Waals surface area (Å²) in [5, 5.41) is 2.36. The monoisotopic (exact) mass is 423 g/mol. The number of hydrogen-bond acceptors (Lipinski definition) is 2. The zero-order valence-electron chi connectivity index (χ0n) is 17.4. The van der Waals surface area contributed by atoms with Gasteiger partial charge in [-0.25, -0.2) is 0 Å². The van der Waals surface area contributed by atoms with Crippen molar-refractivity contribution in [3.63, 3.8) is 0 Å². The number of carbonyl (C=O) groups excluding carboxylic acids is 2. The fourth-order valence-electron chi connectivity index (χ4n) is 4.36. The van der Waals surface area contributed by atoms with Crippen LogP contribution >= 0.6 is 7.26 Å². The molecule has 2 heterocycles. The molecule has 0 saturated carbocycles. The summed E-state index contributed by atoms with van der Waals surface area (Å²) in [6.07, 6.45) is 4.08. The summed E-state index contributed by atoms with van der Waals surface area (Å²) in [6.45, 7) is 4.59. The van der Waals surface area contributed by atoms with Gasteiger partial charge in [0, 0.05) is 11.1 Å². The van der Waals surface area contributed by atoms with Crippen LogP contribution in [0.15, 0.2) is 97.1 Å². The minimum absolute atomic E-state index is 0.263. The second-order valence-corrected chi connectivity index (χ2v) is 12.0. The standard InChI is InChI=1S/C27H22NO2P/c1-31(2)24(19-11-5-3-6-12-19)17-21(18-25(31)20-13-7-4-8-14-20)28-26(29)22-15-9-10-16-23(22)27(28)30/h3-18H,1-2H3/q+1. The molecule has 2 amide bonds. The molecule has 31 heavy (non-hydrogen) atoms. The molecule has 0 aliphatic carbocycles. The van der Waals surface area contributed by atoms with Gasteiger partial charge in [-0.1, -0.05) is 72.8 Å². The third kappa shape index (κ3) is 3.17. The maximum Gasteiger partial charge on any atom is 0.262 e. The van der Waals surface area contributed by atoms with Gasteiger partial charge in [0.05, 0.1) is 31.7 Å². The molecule has 3 aromatic carbocycles. The van der Waals surface area contributed by atoms with E-state index in [-0.39, 0.29) is 11.8 Å². The summed E-state index contributed by atoms with van der Waals surface area (Å²) in [4.78, 5) is 27.7. The molecule has 2 aliphatic heterocycles. The van der Waals surface area contributed by atoms with Gasteiger partial charge in [0.25, 0.3) is 11.8 Å². The number of carbonyl (C=O) groups is 2. The Morgan fingerprint density at radius 2 is 0.968 bits per heavy atom. The van der Waals surface area contributed by atoms with Gasteiger partial charge in [-0.2, -0.15) is 0 Å². The fraction of sp³-hybridized carbons (Fsp3) is 0.0741. The molecule has 0 spiro atoms. The van der Waals surface area contributed by atoms with Gasteiger partial charge in [0.15, 0.2) is 0 Å². The van der Waals surface area contributed by atoms with Crippen LogP contribution in [0, 0.1) is 6.04 Å². The van der Waals surface area contributed by atoms with E-state index in [0.29, 0.717) is 17.2 Å². The average molecular weight is 423 g/mol. The molecule has 2 aliphatic rings. The predicted molar refractivity (Wildman–Crippen MR) is 128 cm³/mol. The Labute approximate surface area is 183 Å². The molecule has 5 rings (SSSR count). The lowest BCUT2D eigenvalue weighted by Crippen LogP contribution is -2.33. The van der Waals surface area contributed by atoms with E-state index in [0.717, 1.165) is 11.1 Å². The molecule has 0 bridgehead atoms. The lowest BCUT2D eigenvalue weighted by Gasteiger charge is -2.32. The van der Waals surface area contributed by atoms with E-state index in [4.69, 9.17) is 0 Å². The first-order chi connectivity index (χ1) is 15.0. The van der Waals surface area contributed by atoms with Crippen molar-refractivity contribution in [3.05, 3.63) is 125 Å². The quantitative estimate of drug-likeness (QED) is 0.372. The molecule has 4 heteroatoms. The van der Waals surface area contributed by atoms with Crippen molar-refractivity contribution in [1.82, 2.24) is 4.90 Å². The summed E-state index contributed by atoms with van der Waals surface area (Å²) in [7, 11) is -1.74. The maximum absolute atomic E-state index is 13.2. The number of amides is 2. The van der Waals surface area contributed by atoms with Gasteiger partial charge in [0.2, 0.25) is 0 Å². The van der Waals surface area contributed by atoms with Crippen LogP contribution in [-0.2, 0) is 0 Å². The maximum atomic E-state index is 13.2. The topological polar surface area (TPSA) is 37.4 Å². The van der Waals surface area contributed by atoms with E-state index in [9.17, 15) is 9.59 Å². The fourth-order valence-corrected chi connectivity index (χ4v) is 7.12. The summed E-state index contributed by atoms with van der Waals surface area (Å²) in [5.41, 5.74) is 3.17.